The normalized spacial score (nSPS) is 10.5. The Kier molecular flexibility index (Phi) is 6.92. The maximum atomic E-state index is 11.5. The second-order valence-corrected chi connectivity index (χ2v) is 4.28. The fraction of sp³-hybridized carbons (Fsp3) is 0.500. The van der Waals surface area contributed by atoms with Crippen molar-refractivity contribution in [2.45, 2.75) is 19.6 Å². The molecule has 0 unspecified atom stereocenters. The molecule has 2 amide bonds. The Morgan fingerprint density at radius 2 is 2.00 bits per heavy atom. The number of urea groups is 1. The molecule has 0 atom stereocenters. The van der Waals surface area contributed by atoms with E-state index in [9.17, 15) is 4.79 Å². The van der Waals surface area contributed by atoms with Crippen LogP contribution in [0.1, 0.15) is 11.1 Å². The highest BCUT2D eigenvalue weighted by molar-refractivity contribution is 5.73. The zero-order valence-corrected chi connectivity index (χ0v) is 11.7. The molecule has 0 aliphatic carbocycles. The summed E-state index contributed by atoms with van der Waals surface area (Å²) in [5.74, 6) is 0. The van der Waals surface area contributed by atoms with Gasteiger partial charge in [-0.25, -0.2) is 4.79 Å². The monoisotopic (exact) mass is 266 g/mol. The first-order valence-electron chi connectivity index (χ1n) is 6.28. The molecule has 0 fully saturated rings. The first kappa shape index (κ1) is 15.5. The van der Waals surface area contributed by atoms with E-state index in [0.29, 0.717) is 13.1 Å². The third kappa shape index (κ3) is 6.22. The summed E-state index contributed by atoms with van der Waals surface area (Å²) < 4.78 is 9.94. The number of amides is 2. The Morgan fingerprint density at radius 3 is 2.63 bits per heavy atom. The Labute approximate surface area is 114 Å². The molecule has 0 saturated carbocycles. The van der Waals surface area contributed by atoms with Crippen molar-refractivity contribution in [1.29, 1.82) is 0 Å². The van der Waals surface area contributed by atoms with Crippen molar-refractivity contribution in [3.8, 4) is 0 Å². The van der Waals surface area contributed by atoms with Crippen LogP contribution in [0.25, 0.3) is 0 Å². The van der Waals surface area contributed by atoms with Gasteiger partial charge in [0.25, 0.3) is 0 Å². The number of aryl methyl sites for hydroxylation is 1. The summed E-state index contributed by atoms with van der Waals surface area (Å²) in [6, 6.07) is 8.03. The minimum absolute atomic E-state index is 0.216. The van der Waals surface area contributed by atoms with Gasteiger partial charge in [0.1, 0.15) is 0 Å². The van der Waals surface area contributed by atoms with Crippen molar-refractivity contribution >= 4 is 6.03 Å². The van der Waals surface area contributed by atoms with Crippen molar-refractivity contribution in [3.63, 3.8) is 0 Å². The van der Waals surface area contributed by atoms with Crippen molar-refractivity contribution in [2.75, 3.05) is 27.3 Å². The van der Waals surface area contributed by atoms with Crippen LogP contribution in [0.15, 0.2) is 24.3 Å². The molecule has 1 aromatic rings. The molecule has 2 N–H and O–H groups in total. The lowest BCUT2D eigenvalue weighted by molar-refractivity contribution is -0.0971. The third-order valence-electron chi connectivity index (χ3n) is 2.74. The molecule has 1 rings (SSSR count). The predicted octanol–water partition coefficient (Wildman–Crippen LogP) is 1.46. The quantitative estimate of drug-likeness (QED) is 0.734. The van der Waals surface area contributed by atoms with E-state index in [1.165, 1.54) is 25.3 Å². The molecule has 0 aliphatic heterocycles. The first-order chi connectivity index (χ1) is 9.15. The van der Waals surface area contributed by atoms with Crippen LogP contribution in [0.2, 0.25) is 0 Å². The Morgan fingerprint density at radius 1 is 1.26 bits per heavy atom. The molecule has 0 radical (unpaired) electrons. The number of ether oxygens (including phenoxy) is 2. The topological polar surface area (TPSA) is 59.6 Å². The van der Waals surface area contributed by atoms with Crippen LogP contribution in [-0.2, 0) is 15.9 Å². The molecule has 19 heavy (non-hydrogen) atoms. The minimum atomic E-state index is -0.414. The van der Waals surface area contributed by atoms with E-state index < -0.39 is 6.29 Å². The average molecular weight is 266 g/mol. The average Bonchev–Trinajstić information content (AvgIpc) is 2.40. The summed E-state index contributed by atoms with van der Waals surface area (Å²) in [6.07, 6.45) is 0.398. The number of benzene rings is 1. The van der Waals surface area contributed by atoms with Crippen LogP contribution in [0.3, 0.4) is 0 Å². The molecular weight excluding hydrogens is 244 g/mol. The third-order valence-corrected chi connectivity index (χ3v) is 2.74. The number of carbonyl (C=O) groups is 1. The van der Waals surface area contributed by atoms with E-state index in [1.54, 1.807) is 0 Å². The number of carbonyl (C=O) groups excluding carboxylic acids is 1. The summed E-state index contributed by atoms with van der Waals surface area (Å²) in [5, 5.41) is 5.48. The molecule has 0 aromatic heterocycles. The molecule has 106 valence electrons. The van der Waals surface area contributed by atoms with E-state index in [0.717, 1.165) is 6.42 Å². The van der Waals surface area contributed by atoms with Crippen LogP contribution in [-0.4, -0.2) is 39.6 Å². The second-order valence-electron chi connectivity index (χ2n) is 4.28. The van der Waals surface area contributed by atoms with Crippen molar-refractivity contribution in [3.05, 3.63) is 35.4 Å². The fourth-order valence-corrected chi connectivity index (χ4v) is 1.69. The van der Waals surface area contributed by atoms with Crippen LogP contribution in [0.5, 0.6) is 0 Å². The number of hydrogen-bond donors (Lipinski definition) is 2. The van der Waals surface area contributed by atoms with Crippen molar-refractivity contribution in [1.82, 2.24) is 10.6 Å². The largest absolute Gasteiger partial charge is 0.354 e. The molecule has 0 aliphatic rings. The summed E-state index contributed by atoms with van der Waals surface area (Å²) in [4.78, 5) is 11.5. The van der Waals surface area contributed by atoms with Gasteiger partial charge in [0.05, 0.1) is 6.54 Å². The Balaban J connectivity index is 2.20. The van der Waals surface area contributed by atoms with Gasteiger partial charge in [0, 0.05) is 20.8 Å². The first-order valence-corrected chi connectivity index (χ1v) is 6.28. The molecule has 0 spiro atoms. The molecule has 0 bridgehead atoms. The maximum Gasteiger partial charge on any atom is 0.314 e. The van der Waals surface area contributed by atoms with Gasteiger partial charge in [-0.3, -0.25) is 0 Å². The number of methoxy groups -OCH3 is 2. The van der Waals surface area contributed by atoms with Gasteiger partial charge in [0.15, 0.2) is 6.29 Å². The standard InChI is InChI=1S/C14H22N2O3/c1-11-5-4-6-12(9-11)7-8-15-14(17)16-10-13(18-2)19-3/h4-6,9,13H,7-8,10H2,1-3H3,(H2,15,16,17). The minimum Gasteiger partial charge on any atom is -0.354 e. The summed E-state index contributed by atoms with van der Waals surface area (Å²) in [7, 11) is 3.07. The molecular formula is C14H22N2O3. The zero-order chi connectivity index (χ0) is 14.1. The highest BCUT2D eigenvalue weighted by Gasteiger charge is 2.06. The molecule has 0 heterocycles. The van der Waals surface area contributed by atoms with Crippen LogP contribution in [0.4, 0.5) is 4.79 Å². The second kappa shape index (κ2) is 8.50. The number of hydrogen-bond acceptors (Lipinski definition) is 3. The lowest BCUT2D eigenvalue weighted by atomic mass is 10.1. The Bertz CT molecular complexity index is 392. The molecule has 5 nitrogen and oxygen atoms in total. The molecule has 0 saturated heterocycles. The maximum absolute atomic E-state index is 11.5. The van der Waals surface area contributed by atoms with Crippen molar-refractivity contribution in [2.24, 2.45) is 0 Å². The van der Waals surface area contributed by atoms with Gasteiger partial charge in [-0.1, -0.05) is 29.8 Å². The SMILES string of the molecule is COC(CNC(=O)NCCc1cccc(C)c1)OC. The number of rotatable bonds is 7. The molecule has 5 heteroatoms. The van der Waals surface area contributed by atoms with Gasteiger partial charge >= 0.3 is 6.03 Å². The zero-order valence-electron chi connectivity index (χ0n) is 11.7. The van der Waals surface area contributed by atoms with E-state index in [2.05, 4.69) is 35.8 Å². The number of nitrogens with one attached hydrogen (secondary N) is 2. The van der Waals surface area contributed by atoms with Gasteiger partial charge in [-0.2, -0.15) is 0 Å². The summed E-state index contributed by atoms with van der Waals surface area (Å²) >= 11 is 0. The highest BCUT2D eigenvalue weighted by atomic mass is 16.7. The molecule has 1 aromatic carbocycles. The van der Waals surface area contributed by atoms with Gasteiger partial charge in [-0.15, -0.1) is 0 Å². The van der Waals surface area contributed by atoms with Gasteiger partial charge in [-0.05, 0) is 18.9 Å². The van der Waals surface area contributed by atoms with Gasteiger partial charge < -0.3 is 20.1 Å². The highest BCUT2D eigenvalue weighted by Crippen LogP contribution is 2.03. The van der Waals surface area contributed by atoms with Crippen LogP contribution < -0.4 is 10.6 Å². The van der Waals surface area contributed by atoms with Crippen LogP contribution >= 0.6 is 0 Å². The van der Waals surface area contributed by atoms with E-state index in [-0.39, 0.29) is 6.03 Å². The lowest BCUT2D eigenvalue weighted by Crippen LogP contribution is -2.41. The van der Waals surface area contributed by atoms with E-state index in [4.69, 9.17) is 9.47 Å². The van der Waals surface area contributed by atoms with Crippen molar-refractivity contribution < 1.29 is 14.3 Å². The summed E-state index contributed by atoms with van der Waals surface area (Å²) in [5.41, 5.74) is 2.44. The Hall–Kier alpha value is -1.59. The fourth-order valence-electron chi connectivity index (χ4n) is 1.69. The van der Waals surface area contributed by atoms with E-state index in [1.807, 2.05) is 6.07 Å². The van der Waals surface area contributed by atoms with E-state index >= 15 is 0 Å². The van der Waals surface area contributed by atoms with Gasteiger partial charge in [0.2, 0.25) is 0 Å². The summed E-state index contributed by atoms with van der Waals surface area (Å²) in [6.45, 7) is 2.97. The van der Waals surface area contributed by atoms with Crippen LogP contribution in [0, 0.1) is 6.92 Å². The predicted molar refractivity (Wildman–Crippen MR) is 74.1 cm³/mol. The lowest BCUT2D eigenvalue weighted by Gasteiger charge is -2.14. The smallest absolute Gasteiger partial charge is 0.314 e.